The van der Waals surface area contributed by atoms with Crippen molar-refractivity contribution in [2.45, 2.75) is 19.1 Å². The van der Waals surface area contributed by atoms with E-state index in [4.69, 9.17) is 26.3 Å². The average molecular weight is 363 g/mol. The molecular formula is C17H19ClN4O3. The van der Waals surface area contributed by atoms with Crippen molar-refractivity contribution in [3.8, 4) is 17.7 Å². The molecule has 132 valence electrons. The lowest BCUT2D eigenvalue weighted by atomic mass is 10.2. The van der Waals surface area contributed by atoms with Gasteiger partial charge in [-0.2, -0.15) is 5.26 Å². The highest BCUT2D eigenvalue weighted by Crippen LogP contribution is 2.16. The number of aliphatic hydroxyl groups is 1. The number of hydrogen-bond donors (Lipinski definition) is 2. The van der Waals surface area contributed by atoms with Crippen molar-refractivity contribution in [1.82, 2.24) is 15.5 Å². The first-order chi connectivity index (χ1) is 12.1. The van der Waals surface area contributed by atoms with Crippen molar-refractivity contribution in [3.05, 3.63) is 47.1 Å². The fourth-order valence-electron chi connectivity index (χ4n) is 1.92. The second-order valence-corrected chi connectivity index (χ2v) is 5.77. The summed E-state index contributed by atoms with van der Waals surface area (Å²) in [6, 6.07) is 12.2. The summed E-state index contributed by atoms with van der Waals surface area (Å²) < 4.78 is 11.0. The van der Waals surface area contributed by atoms with E-state index in [0.29, 0.717) is 35.5 Å². The number of nitrogens with one attached hydrogen (secondary N) is 1. The van der Waals surface area contributed by atoms with Gasteiger partial charge in [0.2, 0.25) is 5.88 Å². The summed E-state index contributed by atoms with van der Waals surface area (Å²) in [4.78, 5) is 0. The third-order valence-electron chi connectivity index (χ3n) is 3.23. The van der Waals surface area contributed by atoms with Gasteiger partial charge in [-0.25, -0.2) is 0 Å². The van der Waals surface area contributed by atoms with Crippen LogP contribution in [0.3, 0.4) is 0 Å². The Labute approximate surface area is 151 Å². The second kappa shape index (κ2) is 9.79. The van der Waals surface area contributed by atoms with E-state index in [-0.39, 0.29) is 12.6 Å². The Kier molecular flexibility index (Phi) is 7.41. The maximum absolute atomic E-state index is 9.99. The van der Waals surface area contributed by atoms with Crippen molar-refractivity contribution in [1.29, 1.82) is 5.26 Å². The van der Waals surface area contributed by atoms with E-state index in [2.05, 4.69) is 15.5 Å². The van der Waals surface area contributed by atoms with Gasteiger partial charge in [0.05, 0.1) is 5.56 Å². The van der Waals surface area contributed by atoms with Crippen molar-refractivity contribution in [2.75, 3.05) is 19.8 Å². The van der Waals surface area contributed by atoms with Gasteiger partial charge in [-0.1, -0.05) is 23.7 Å². The lowest BCUT2D eigenvalue weighted by molar-refractivity contribution is 0.101. The number of aromatic nitrogens is 2. The zero-order valence-corrected chi connectivity index (χ0v) is 14.5. The van der Waals surface area contributed by atoms with Crippen LogP contribution in [0.1, 0.15) is 12.5 Å². The lowest BCUT2D eigenvalue weighted by Gasteiger charge is -2.18. The van der Waals surface area contributed by atoms with E-state index in [1.165, 1.54) is 0 Å². The van der Waals surface area contributed by atoms with E-state index < -0.39 is 6.10 Å². The van der Waals surface area contributed by atoms with Crippen LogP contribution in [0.25, 0.3) is 0 Å². The highest BCUT2D eigenvalue weighted by atomic mass is 35.5. The van der Waals surface area contributed by atoms with Gasteiger partial charge in [-0.05, 0) is 25.1 Å². The Balaban J connectivity index is 1.67. The molecule has 2 rings (SSSR count). The molecule has 0 aliphatic heterocycles. The Morgan fingerprint density at radius 1 is 1.20 bits per heavy atom. The summed E-state index contributed by atoms with van der Waals surface area (Å²) in [5.74, 6) is 0.844. The minimum Gasteiger partial charge on any atom is -0.489 e. The van der Waals surface area contributed by atoms with Gasteiger partial charge in [0, 0.05) is 18.7 Å². The minimum absolute atomic E-state index is 0.0153. The number of rotatable bonds is 9. The molecule has 7 nitrogen and oxygen atoms in total. The number of para-hydroxylation sites is 1. The quantitative estimate of drug-likeness (QED) is 0.701. The van der Waals surface area contributed by atoms with E-state index >= 15 is 0 Å². The van der Waals surface area contributed by atoms with Gasteiger partial charge in [0.15, 0.2) is 5.15 Å². The number of ether oxygens (including phenoxy) is 2. The van der Waals surface area contributed by atoms with E-state index in [9.17, 15) is 5.11 Å². The summed E-state index contributed by atoms with van der Waals surface area (Å²) in [7, 11) is 0. The Morgan fingerprint density at radius 3 is 2.72 bits per heavy atom. The molecule has 2 aromatic rings. The first kappa shape index (κ1) is 18.9. The van der Waals surface area contributed by atoms with Crippen LogP contribution < -0.4 is 14.8 Å². The summed E-state index contributed by atoms with van der Waals surface area (Å²) in [6.45, 7) is 2.69. The third-order valence-corrected chi connectivity index (χ3v) is 3.43. The maximum Gasteiger partial charge on any atom is 0.233 e. The molecule has 0 aliphatic rings. The van der Waals surface area contributed by atoms with Gasteiger partial charge in [-0.15, -0.1) is 10.2 Å². The van der Waals surface area contributed by atoms with Crippen molar-refractivity contribution in [3.63, 3.8) is 0 Å². The van der Waals surface area contributed by atoms with Crippen LogP contribution in [0, 0.1) is 11.3 Å². The summed E-state index contributed by atoms with van der Waals surface area (Å²) >= 11 is 5.65. The molecule has 2 atom stereocenters. The molecule has 8 heteroatoms. The number of halogens is 1. The zero-order chi connectivity index (χ0) is 18.1. The molecule has 2 N–H and O–H groups in total. The maximum atomic E-state index is 9.99. The van der Waals surface area contributed by atoms with Gasteiger partial charge in [-0.3, -0.25) is 0 Å². The largest absolute Gasteiger partial charge is 0.489 e. The second-order valence-electron chi connectivity index (χ2n) is 5.39. The van der Waals surface area contributed by atoms with E-state index in [1.807, 2.05) is 13.0 Å². The Morgan fingerprint density at radius 2 is 2.00 bits per heavy atom. The molecule has 0 saturated heterocycles. The Bertz CT molecular complexity index is 706. The fourth-order valence-corrected chi connectivity index (χ4v) is 2.02. The molecule has 1 heterocycles. The predicted octanol–water partition coefficient (Wildman–Crippen LogP) is 1.80. The topological polar surface area (TPSA) is 100 Å². The average Bonchev–Trinajstić information content (AvgIpc) is 2.64. The fraction of sp³-hybridized carbons (Fsp3) is 0.353. The normalized spacial score (nSPS) is 12.9. The predicted molar refractivity (Wildman–Crippen MR) is 92.7 cm³/mol. The van der Waals surface area contributed by atoms with Gasteiger partial charge >= 0.3 is 0 Å². The van der Waals surface area contributed by atoms with Crippen LogP contribution >= 0.6 is 11.6 Å². The molecule has 0 fully saturated rings. The molecule has 0 radical (unpaired) electrons. The van der Waals surface area contributed by atoms with Crippen molar-refractivity contribution in [2.24, 2.45) is 0 Å². The highest BCUT2D eigenvalue weighted by Gasteiger charge is 2.10. The van der Waals surface area contributed by atoms with E-state index in [0.717, 1.165) is 0 Å². The SMILES string of the molecule is CC(COc1ccc(Cl)nn1)NCC(O)COc1ccccc1C#N. The van der Waals surface area contributed by atoms with Crippen LogP contribution in [-0.2, 0) is 0 Å². The minimum atomic E-state index is -0.718. The standard InChI is InChI=1S/C17H19ClN4O3/c1-12(10-25-17-7-6-16(18)21-22-17)20-9-14(23)11-24-15-5-3-2-4-13(15)8-19/h2-7,12,14,20,23H,9-11H2,1H3. The Hall–Kier alpha value is -2.40. The summed E-state index contributed by atoms with van der Waals surface area (Å²) in [6.07, 6.45) is -0.718. The monoisotopic (exact) mass is 362 g/mol. The number of nitrogens with zero attached hydrogens (tertiary/aromatic N) is 3. The summed E-state index contributed by atoms with van der Waals surface area (Å²) in [5, 5.41) is 29.9. The molecule has 0 bridgehead atoms. The molecule has 0 aliphatic carbocycles. The van der Waals surface area contributed by atoms with Gasteiger partial charge < -0.3 is 19.9 Å². The molecule has 1 aromatic carbocycles. The van der Waals surface area contributed by atoms with Gasteiger partial charge in [0.1, 0.15) is 31.1 Å². The molecule has 0 amide bonds. The van der Waals surface area contributed by atoms with Crippen molar-refractivity contribution < 1.29 is 14.6 Å². The smallest absolute Gasteiger partial charge is 0.233 e. The number of aliphatic hydroxyl groups excluding tert-OH is 1. The van der Waals surface area contributed by atoms with E-state index in [1.54, 1.807) is 36.4 Å². The van der Waals surface area contributed by atoms with Crippen LogP contribution in [0.2, 0.25) is 5.15 Å². The van der Waals surface area contributed by atoms with Gasteiger partial charge in [0.25, 0.3) is 0 Å². The van der Waals surface area contributed by atoms with Crippen LogP contribution in [0.5, 0.6) is 11.6 Å². The van der Waals surface area contributed by atoms with Crippen LogP contribution in [0.4, 0.5) is 0 Å². The highest BCUT2D eigenvalue weighted by molar-refractivity contribution is 6.29. The molecule has 25 heavy (non-hydrogen) atoms. The summed E-state index contributed by atoms with van der Waals surface area (Å²) in [5.41, 5.74) is 0.438. The first-order valence-electron chi connectivity index (χ1n) is 7.74. The molecule has 0 saturated carbocycles. The molecule has 1 aromatic heterocycles. The number of hydrogen-bond acceptors (Lipinski definition) is 7. The van der Waals surface area contributed by atoms with Crippen LogP contribution in [-0.4, -0.2) is 47.2 Å². The van der Waals surface area contributed by atoms with Crippen molar-refractivity contribution >= 4 is 11.6 Å². The molecular weight excluding hydrogens is 344 g/mol. The lowest BCUT2D eigenvalue weighted by Crippen LogP contribution is -2.39. The number of nitriles is 1. The molecule has 0 spiro atoms. The first-order valence-corrected chi connectivity index (χ1v) is 8.11. The number of benzene rings is 1. The third kappa shape index (κ3) is 6.55. The van der Waals surface area contributed by atoms with Crippen LogP contribution in [0.15, 0.2) is 36.4 Å². The zero-order valence-electron chi connectivity index (χ0n) is 13.7. The molecule has 2 unspecified atom stereocenters.